The van der Waals surface area contributed by atoms with E-state index in [4.69, 9.17) is 27.1 Å². The lowest BCUT2D eigenvalue weighted by molar-refractivity contribution is -0.139. The molecule has 0 radical (unpaired) electrons. The second-order valence-electron chi connectivity index (χ2n) is 5.18. The van der Waals surface area contributed by atoms with Crippen molar-refractivity contribution in [3.05, 3.63) is 34.9 Å². The summed E-state index contributed by atoms with van der Waals surface area (Å²) in [5.41, 5.74) is 5.93. The van der Waals surface area contributed by atoms with Crippen LogP contribution >= 0.6 is 11.6 Å². The summed E-state index contributed by atoms with van der Waals surface area (Å²) in [6.07, 6.45) is 0.0477. The molecule has 1 aromatic carbocycles. The van der Waals surface area contributed by atoms with Crippen LogP contribution in [0.25, 0.3) is 0 Å². The molecule has 0 heterocycles. The van der Waals surface area contributed by atoms with Crippen LogP contribution in [-0.2, 0) is 20.7 Å². The van der Waals surface area contributed by atoms with Crippen LogP contribution in [0, 0.1) is 0 Å². The fourth-order valence-electron chi connectivity index (χ4n) is 1.88. The highest BCUT2D eigenvalue weighted by molar-refractivity contribution is 6.60. The van der Waals surface area contributed by atoms with Crippen molar-refractivity contribution in [1.29, 1.82) is 0 Å². The van der Waals surface area contributed by atoms with Gasteiger partial charge >= 0.3 is 12.7 Å². The molecule has 0 bridgehead atoms. The number of carboxylic acids is 1. The van der Waals surface area contributed by atoms with Gasteiger partial charge in [0.15, 0.2) is 0 Å². The summed E-state index contributed by atoms with van der Waals surface area (Å²) in [7, 11) is 0. The van der Waals surface area contributed by atoms with Crippen molar-refractivity contribution < 1.29 is 29.4 Å². The molecule has 8 nitrogen and oxygen atoms in total. The lowest BCUT2D eigenvalue weighted by Gasteiger charge is -2.38. The predicted octanol–water partition coefficient (Wildman–Crippen LogP) is -0.722. The van der Waals surface area contributed by atoms with E-state index in [1.54, 1.807) is 24.3 Å². The quantitative estimate of drug-likeness (QED) is 0.391. The van der Waals surface area contributed by atoms with Crippen molar-refractivity contribution in [1.82, 2.24) is 5.32 Å². The molecule has 1 rings (SSSR count). The number of carboxylic acid groups (broad SMARTS) is 1. The third kappa shape index (κ3) is 6.55. The lowest BCUT2D eigenvalue weighted by atomic mass is 9.66. The van der Waals surface area contributed by atoms with Crippen molar-refractivity contribution in [3.63, 3.8) is 0 Å². The third-order valence-corrected chi connectivity index (χ3v) is 3.37. The number of hydrogen-bond donors (Lipinski definition) is 5. The SMILES string of the molecule is CC(=O)N[C@@H](Cc1ccc(Cl)cc1)[B-](O)(O)OC[C@H](N)C(=O)O. The van der Waals surface area contributed by atoms with Crippen molar-refractivity contribution in [2.24, 2.45) is 5.73 Å². The predicted molar refractivity (Wildman–Crippen MR) is 84.5 cm³/mol. The zero-order valence-electron chi connectivity index (χ0n) is 12.5. The maximum Gasteiger partial charge on any atom is 0.396 e. The van der Waals surface area contributed by atoms with Crippen LogP contribution in [0.3, 0.4) is 0 Å². The molecule has 0 unspecified atom stereocenters. The first-order valence-electron chi connectivity index (χ1n) is 6.85. The Labute approximate surface area is 138 Å². The smallest absolute Gasteiger partial charge is 0.396 e. The Morgan fingerprint density at radius 2 is 1.91 bits per heavy atom. The van der Waals surface area contributed by atoms with Gasteiger partial charge in [0.2, 0.25) is 5.91 Å². The van der Waals surface area contributed by atoms with Gasteiger partial charge in [-0.05, 0) is 30.1 Å². The molecule has 6 N–H and O–H groups in total. The number of rotatable bonds is 8. The molecule has 1 amide bonds. The second-order valence-corrected chi connectivity index (χ2v) is 5.61. The van der Waals surface area contributed by atoms with Gasteiger partial charge in [-0.1, -0.05) is 23.7 Å². The van der Waals surface area contributed by atoms with Crippen LogP contribution in [0.15, 0.2) is 24.3 Å². The molecule has 0 aliphatic rings. The van der Waals surface area contributed by atoms with Gasteiger partial charge in [0.05, 0.1) is 0 Å². The number of nitrogens with two attached hydrogens (primary N) is 1. The highest BCUT2D eigenvalue weighted by Crippen LogP contribution is 2.15. The molecular formula is C13H19BClN2O6-. The zero-order chi connectivity index (χ0) is 17.6. The van der Waals surface area contributed by atoms with E-state index in [2.05, 4.69) is 5.32 Å². The molecule has 0 saturated carbocycles. The molecule has 0 saturated heterocycles. The molecule has 0 spiro atoms. The summed E-state index contributed by atoms with van der Waals surface area (Å²) in [6.45, 7) is -2.92. The third-order valence-electron chi connectivity index (χ3n) is 3.12. The van der Waals surface area contributed by atoms with E-state index in [9.17, 15) is 19.6 Å². The van der Waals surface area contributed by atoms with E-state index in [0.717, 1.165) is 0 Å². The summed E-state index contributed by atoms with van der Waals surface area (Å²) >= 11 is 5.78. The van der Waals surface area contributed by atoms with Gasteiger partial charge in [0.25, 0.3) is 0 Å². The molecule has 1 aromatic rings. The molecule has 0 aromatic heterocycles. The van der Waals surface area contributed by atoms with Gasteiger partial charge < -0.3 is 30.9 Å². The van der Waals surface area contributed by atoms with Crippen molar-refractivity contribution in [2.75, 3.05) is 6.61 Å². The topological polar surface area (TPSA) is 142 Å². The molecule has 2 atom stereocenters. The van der Waals surface area contributed by atoms with Crippen molar-refractivity contribution in [3.8, 4) is 0 Å². The van der Waals surface area contributed by atoms with E-state index in [1.165, 1.54) is 6.92 Å². The molecule has 0 aliphatic carbocycles. The van der Waals surface area contributed by atoms with E-state index in [-0.39, 0.29) is 6.42 Å². The monoisotopic (exact) mass is 345 g/mol. The van der Waals surface area contributed by atoms with Gasteiger partial charge in [-0.3, -0.25) is 9.59 Å². The Morgan fingerprint density at radius 1 is 1.35 bits per heavy atom. The average Bonchev–Trinajstić information content (AvgIpc) is 2.45. The fourth-order valence-corrected chi connectivity index (χ4v) is 2.01. The number of carbonyl (C=O) groups excluding carboxylic acids is 1. The number of amides is 1. The summed E-state index contributed by atoms with van der Waals surface area (Å²) in [4.78, 5) is 21.9. The minimum Gasteiger partial charge on any atom is -0.558 e. The largest absolute Gasteiger partial charge is 0.558 e. The van der Waals surface area contributed by atoms with E-state index in [0.29, 0.717) is 10.6 Å². The van der Waals surface area contributed by atoms with Crippen molar-refractivity contribution >= 4 is 30.2 Å². The van der Waals surface area contributed by atoms with E-state index >= 15 is 0 Å². The average molecular weight is 346 g/mol. The van der Waals surface area contributed by atoms with Crippen LogP contribution < -0.4 is 11.1 Å². The second kappa shape index (κ2) is 8.28. The molecule has 0 fully saturated rings. The molecule has 128 valence electrons. The Balaban J connectivity index is 2.83. The summed E-state index contributed by atoms with van der Waals surface area (Å²) in [5, 5.41) is 31.7. The number of carbonyl (C=O) groups is 2. The summed E-state index contributed by atoms with van der Waals surface area (Å²) < 4.78 is 4.84. The Morgan fingerprint density at radius 3 is 2.39 bits per heavy atom. The highest BCUT2D eigenvalue weighted by Gasteiger charge is 2.34. The number of benzene rings is 1. The summed E-state index contributed by atoms with van der Waals surface area (Å²) in [5.74, 6) is -3.01. The van der Waals surface area contributed by atoms with Crippen molar-refractivity contribution in [2.45, 2.75) is 25.3 Å². The first-order valence-corrected chi connectivity index (χ1v) is 7.23. The van der Waals surface area contributed by atoms with Gasteiger partial charge in [-0.15, -0.1) is 0 Å². The van der Waals surface area contributed by atoms with Gasteiger partial charge in [0, 0.05) is 18.6 Å². The minimum atomic E-state index is -3.52. The van der Waals surface area contributed by atoms with Gasteiger partial charge in [0.1, 0.15) is 6.04 Å². The van der Waals surface area contributed by atoms with Crippen LogP contribution in [0.2, 0.25) is 5.02 Å². The maximum atomic E-state index is 11.3. The number of halogens is 1. The standard InChI is InChI=1S/C13H19BClN2O6/c1-8(18)17-12(6-9-2-4-10(15)5-3-9)14(21,22)23-7-11(16)13(19)20/h2-5,11-12,21-22H,6-7,16H2,1H3,(H,17,18)(H,19,20)/q-1/t11-,12-/m0/s1. The fraction of sp³-hybridized carbons (Fsp3) is 0.385. The van der Waals surface area contributed by atoms with Gasteiger partial charge in [-0.2, -0.15) is 0 Å². The first-order chi connectivity index (χ1) is 10.6. The highest BCUT2D eigenvalue weighted by atomic mass is 35.5. The van der Waals surface area contributed by atoms with Gasteiger partial charge in [-0.25, -0.2) is 0 Å². The Hall–Kier alpha value is -1.65. The number of nitrogens with one attached hydrogen (secondary N) is 1. The zero-order valence-corrected chi connectivity index (χ0v) is 13.2. The normalized spacial score (nSPS) is 14.1. The molecule has 23 heavy (non-hydrogen) atoms. The number of aliphatic carboxylic acids is 1. The molecule has 10 heteroatoms. The van der Waals surface area contributed by atoms with E-state index in [1.807, 2.05) is 0 Å². The lowest BCUT2D eigenvalue weighted by Crippen LogP contribution is -2.61. The van der Waals surface area contributed by atoms with Crippen LogP contribution in [0.4, 0.5) is 0 Å². The number of hydrogen-bond acceptors (Lipinski definition) is 6. The Kier molecular flexibility index (Phi) is 6.98. The van der Waals surface area contributed by atoms with Crippen LogP contribution in [-0.4, -0.2) is 52.4 Å². The van der Waals surface area contributed by atoms with Crippen LogP contribution in [0.5, 0.6) is 0 Å². The Bertz CT molecular complexity index is 554. The summed E-state index contributed by atoms with van der Waals surface area (Å²) in [6, 6.07) is 5.14. The molecule has 0 aliphatic heterocycles. The van der Waals surface area contributed by atoms with E-state index < -0.39 is 37.2 Å². The van der Waals surface area contributed by atoms with Crippen LogP contribution in [0.1, 0.15) is 12.5 Å². The minimum absolute atomic E-state index is 0.0477. The maximum absolute atomic E-state index is 11.3. The first kappa shape index (κ1) is 19.4. The molecular weight excluding hydrogens is 326 g/mol.